The molecule has 0 unspecified atom stereocenters. The van der Waals surface area contributed by atoms with Crippen molar-refractivity contribution in [2.45, 2.75) is 39.3 Å². The molecule has 52 heavy (non-hydrogen) atoms. The first-order valence-corrected chi connectivity index (χ1v) is 25.4. The molecule has 256 valence electrons. The number of hydrogen-bond acceptors (Lipinski definition) is 2. The molecule has 8 aromatic carbocycles. The molecule has 0 fully saturated rings. The van der Waals surface area contributed by atoms with Crippen LogP contribution in [0.15, 0.2) is 170 Å². The number of para-hydroxylation sites is 2. The molecule has 0 spiro atoms. The van der Waals surface area contributed by atoms with Crippen LogP contribution < -0.4 is 20.2 Å². The molecule has 8 aromatic rings. The lowest BCUT2D eigenvalue weighted by Crippen LogP contribution is -2.39. The van der Waals surface area contributed by atoms with Gasteiger partial charge >= 0.3 is 0 Å². The minimum Gasteiger partial charge on any atom is -0.309 e. The molecule has 0 aliphatic carbocycles. The molecule has 4 heteroatoms. The summed E-state index contributed by atoms with van der Waals surface area (Å²) in [7, 11) is -3.66. The van der Waals surface area contributed by atoms with Crippen LogP contribution in [-0.4, -0.2) is 16.1 Å². The second kappa shape index (κ2) is 13.3. The highest BCUT2D eigenvalue weighted by atomic mass is 28.3. The largest absolute Gasteiger partial charge is 0.309 e. The molecule has 0 radical (unpaired) electrons. The van der Waals surface area contributed by atoms with Crippen LogP contribution in [0.4, 0.5) is 34.1 Å². The normalized spacial score (nSPS) is 12.0. The van der Waals surface area contributed by atoms with Gasteiger partial charge in [-0.2, -0.15) is 0 Å². The Morgan fingerprint density at radius 1 is 0.308 bits per heavy atom. The van der Waals surface area contributed by atoms with Crippen LogP contribution >= 0.6 is 0 Å². The van der Waals surface area contributed by atoms with E-state index < -0.39 is 16.1 Å². The number of benzene rings is 8. The van der Waals surface area contributed by atoms with E-state index in [1.807, 2.05) is 0 Å². The predicted molar refractivity (Wildman–Crippen MR) is 234 cm³/mol. The van der Waals surface area contributed by atoms with Crippen LogP contribution in [0.2, 0.25) is 39.3 Å². The van der Waals surface area contributed by atoms with Crippen LogP contribution in [0, 0.1) is 0 Å². The van der Waals surface area contributed by atoms with E-state index in [1.54, 1.807) is 0 Å². The van der Waals surface area contributed by atoms with Gasteiger partial charge in [-0.1, -0.05) is 171 Å². The topological polar surface area (TPSA) is 6.48 Å². The molecule has 0 bridgehead atoms. The van der Waals surface area contributed by atoms with Crippen molar-refractivity contribution in [3.8, 4) is 0 Å². The van der Waals surface area contributed by atoms with E-state index in [2.05, 4.69) is 219 Å². The SMILES string of the molecule is C[Si](C)(C)c1cc(N(c2ccccc2)c2cccc3ccccc23)c2cc([Si](C)(C)C)cc(N(c3ccccc3)c3cccc4ccccc34)c2c1. The maximum atomic E-state index is 2.53. The summed E-state index contributed by atoms with van der Waals surface area (Å²) >= 11 is 0. The summed E-state index contributed by atoms with van der Waals surface area (Å²) in [5.74, 6) is 0. The van der Waals surface area contributed by atoms with Crippen LogP contribution in [0.1, 0.15) is 0 Å². The third-order valence-electron chi connectivity index (χ3n) is 10.3. The average Bonchev–Trinajstić information content (AvgIpc) is 3.15. The third-order valence-corrected chi connectivity index (χ3v) is 14.3. The Hall–Kier alpha value is -5.43. The Morgan fingerprint density at radius 3 is 1.04 bits per heavy atom. The zero-order valence-corrected chi connectivity index (χ0v) is 33.1. The highest BCUT2D eigenvalue weighted by Gasteiger charge is 2.28. The standard InChI is InChI=1S/C48H46N2Si2/c1-51(2,3)39-31-43-44(47(33-39)49(37-23-9-7-10-24-37)45-29-17-21-35-19-13-15-27-41(35)45)32-40(52(4,5)6)34-48(43)50(38-25-11-8-12-26-38)46-30-18-22-36-20-14-16-28-42(36)46/h7-34H,1-6H3. The van der Waals surface area contributed by atoms with E-state index >= 15 is 0 Å². The van der Waals surface area contributed by atoms with Gasteiger partial charge in [0, 0.05) is 32.9 Å². The van der Waals surface area contributed by atoms with E-state index in [4.69, 9.17) is 0 Å². The molecule has 0 aliphatic rings. The Morgan fingerprint density at radius 2 is 0.654 bits per heavy atom. The van der Waals surface area contributed by atoms with Gasteiger partial charge in [-0.25, -0.2) is 0 Å². The van der Waals surface area contributed by atoms with Gasteiger partial charge in [0.2, 0.25) is 0 Å². The van der Waals surface area contributed by atoms with Crippen molar-refractivity contribution >= 4 is 93.0 Å². The van der Waals surface area contributed by atoms with Gasteiger partial charge in [0.25, 0.3) is 0 Å². The number of fused-ring (bicyclic) bond motifs is 3. The number of hydrogen-bond donors (Lipinski definition) is 0. The summed E-state index contributed by atoms with van der Waals surface area (Å²) in [4.78, 5) is 5.05. The van der Waals surface area contributed by atoms with Crippen molar-refractivity contribution in [2.75, 3.05) is 9.80 Å². The summed E-state index contributed by atoms with van der Waals surface area (Å²) in [6.07, 6.45) is 0. The lowest BCUT2D eigenvalue weighted by Gasteiger charge is -2.34. The van der Waals surface area contributed by atoms with Gasteiger partial charge < -0.3 is 9.80 Å². The van der Waals surface area contributed by atoms with Gasteiger partial charge in [-0.3, -0.25) is 0 Å². The molecule has 0 amide bonds. The fraction of sp³-hybridized carbons (Fsp3) is 0.125. The molecule has 0 saturated heterocycles. The molecule has 8 rings (SSSR count). The van der Waals surface area contributed by atoms with Crippen molar-refractivity contribution in [3.05, 3.63) is 170 Å². The Balaban J connectivity index is 1.55. The van der Waals surface area contributed by atoms with E-state index in [0.29, 0.717) is 0 Å². The molecule has 0 atom stereocenters. The van der Waals surface area contributed by atoms with Crippen LogP contribution in [0.5, 0.6) is 0 Å². The van der Waals surface area contributed by atoms with Gasteiger partial charge in [0.15, 0.2) is 0 Å². The molecular weight excluding hydrogens is 661 g/mol. The zero-order valence-electron chi connectivity index (χ0n) is 31.1. The molecule has 2 nitrogen and oxygen atoms in total. The second-order valence-corrected chi connectivity index (χ2v) is 26.1. The van der Waals surface area contributed by atoms with Crippen molar-refractivity contribution in [3.63, 3.8) is 0 Å². The zero-order chi connectivity index (χ0) is 36.0. The first-order chi connectivity index (χ1) is 25.1. The van der Waals surface area contributed by atoms with Gasteiger partial charge in [-0.15, -0.1) is 0 Å². The Kier molecular flexibility index (Phi) is 8.61. The quantitative estimate of drug-likeness (QED) is 0.145. The van der Waals surface area contributed by atoms with Crippen LogP contribution in [-0.2, 0) is 0 Å². The minimum atomic E-state index is -1.83. The van der Waals surface area contributed by atoms with E-state index in [9.17, 15) is 0 Å². The summed E-state index contributed by atoms with van der Waals surface area (Å²) in [6, 6.07) is 63.0. The highest BCUT2D eigenvalue weighted by Crippen LogP contribution is 2.46. The molecule has 0 aliphatic heterocycles. The van der Waals surface area contributed by atoms with E-state index in [0.717, 1.165) is 11.4 Å². The van der Waals surface area contributed by atoms with Crippen molar-refractivity contribution in [1.29, 1.82) is 0 Å². The second-order valence-electron chi connectivity index (χ2n) is 15.9. The van der Waals surface area contributed by atoms with Gasteiger partial charge in [0.05, 0.1) is 38.9 Å². The first-order valence-electron chi connectivity index (χ1n) is 18.4. The third kappa shape index (κ3) is 6.23. The lowest BCUT2D eigenvalue weighted by atomic mass is 10.0. The first kappa shape index (κ1) is 33.7. The summed E-state index contributed by atoms with van der Waals surface area (Å²) < 4.78 is 0. The van der Waals surface area contributed by atoms with Crippen LogP contribution in [0.3, 0.4) is 0 Å². The number of rotatable bonds is 8. The maximum Gasteiger partial charge on any atom is 0.0777 e. The molecule has 0 saturated carbocycles. The fourth-order valence-corrected chi connectivity index (χ4v) is 9.73. The average molecular weight is 707 g/mol. The lowest BCUT2D eigenvalue weighted by molar-refractivity contribution is 1.30. The van der Waals surface area contributed by atoms with E-state index in [1.165, 1.54) is 65.4 Å². The highest BCUT2D eigenvalue weighted by molar-refractivity contribution is 6.89. The van der Waals surface area contributed by atoms with Gasteiger partial charge in [-0.05, 0) is 59.3 Å². The van der Waals surface area contributed by atoms with Gasteiger partial charge in [0.1, 0.15) is 0 Å². The summed E-state index contributed by atoms with van der Waals surface area (Å²) in [6.45, 7) is 14.8. The van der Waals surface area contributed by atoms with Crippen molar-refractivity contribution in [1.82, 2.24) is 0 Å². The molecular formula is C48H46N2Si2. The van der Waals surface area contributed by atoms with Crippen LogP contribution in [0.25, 0.3) is 32.3 Å². The maximum absolute atomic E-state index is 2.53. The van der Waals surface area contributed by atoms with Crippen molar-refractivity contribution in [2.24, 2.45) is 0 Å². The monoisotopic (exact) mass is 706 g/mol. The Bertz CT molecular complexity index is 2360. The molecule has 0 N–H and O–H groups in total. The number of anilines is 6. The minimum absolute atomic E-state index is 1.15. The Labute approximate surface area is 310 Å². The summed E-state index contributed by atoms with van der Waals surface area (Å²) in [5, 5.41) is 10.4. The van der Waals surface area contributed by atoms with E-state index in [-0.39, 0.29) is 0 Å². The summed E-state index contributed by atoms with van der Waals surface area (Å²) in [5.41, 5.74) is 7.14. The van der Waals surface area contributed by atoms with Crippen molar-refractivity contribution < 1.29 is 0 Å². The smallest absolute Gasteiger partial charge is 0.0777 e. The number of nitrogens with zero attached hydrogens (tertiary/aromatic N) is 2. The predicted octanol–water partition coefficient (Wildman–Crippen LogP) is 13.2. The fourth-order valence-electron chi connectivity index (χ4n) is 7.44. The molecule has 0 aromatic heterocycles. The molecule has 0 heterocycles.